The average Bonchev–Trinajstić information content (AvgIpc) is 2.71. The molecule has 0 aliphatic heterocycles. The van der Waals surface area contributed by atoms with Crippen molar-refractivity contribution in [3.63, 3.8) is 0 Å². The smallest absolute Gasteiger partial charge is 0.144 e. The monoisotopic (exact) mass is 236 g/mol. The first kappa shape index (κ1) is 13.9. The molecule has 0 bridgehead atoms. The number of Topliss-reactive ketones (excluding diaryl/α,β-unsaturated/α-hetero) is 1. The molecule has 0 N–H and O–H groups in total. The average molecular weight is 236 g/mol. The van der Waals surface area contributed by atoms with Crippen LogP contribution >= 0.6 is 0 Å². The maximum Gasteiger partial charge on any atom is 0.144 e. The van der Waals surface area contributed by atoms with Crippen molar-refractivity contribution in [3.8, 4) is 0 Å². The van der Waals surface area contributed by atoms with Crippen molar-refractivity contribution < 1.29 is 4.79 Å². The van der Waals surface area contributed by atoms with Crippen LogP contribution in [0.1, 0.15) is 52.4 Å². The van der Waals surface area contributed by atoms with E-state index in [-0.39, 0.29) is 5.41 Å². The van der Waals surface area contributed by atoms with E-state index < -0.39 is 0 Å². The molecule has 1 heterocycles. The summed E-state index contributed by atoms with van der Waals surface area (Å²) in [6, 6.07) is 2.06. The van der Waals surface area contributed by atoms with Crippen LogP contribution in [0.5, 0.6) is 0 Å². The van der Waals surface area contributed by atoms with E-state index in [0.717, 1.165) is 30.8 Å². The molecule has 0 fully saturated rings. The van der Waals surface area contributed by atoms with Crippen molar-refractivity contribution in [1.82, 2.24) is 9.78 Å². The van der Waals surface area contributed by atoms with Crippen LogP contribution in [0.15, 0.2) is 6.07 Å². The molecule has 0 aliphatic rings. The van der Waals surface area contributed by atoms with Gasteiger partial charge in [0.1, 0.15) is 5.78 Å². The van der Waals surface area contributed by atoms with Gasteiger partial charge in [0.2, 0.25) is 0 Å². The molecule has 3 heteroatoms. The molecule has 0 spiro atoms. The topological polar surface area (TPSA) is 34.9 Å². The Balaban J connectivity index is 2.87. The Hall–Kier alpha value is -1.12. The van der Waals surface area contributed by atoms with Crippen LogP contribution in [0.2, 0.25) is 0 Å². The second-order valence-corrected chi connectivity index (χ2v) is 5.13. The molecule has 17 heavy (non-hydrogen) atoms. The fourth-order valence-corrected chi connectivity index (χ4v) is 1.70. The quantitative estimate of drug-likeness (QED) is 0.761. The first-order valence-corrected chi connectivity index (χ1v) is 6.53. The molecule has 0 unspecified atom stereocenters. The van der Waals surface area contributed by atoms with Crippen LogP contribution in [0.3, 0.4) is 0 Å². The maximum absolute atomic E-state index is 12.2. The number of aryl methyl sites for hydroxylation is 2. The summed E-state index contributed by atoms with van der Waals surface area (Å²) in [6.07, 6.45) is 2.31. The molecule has 0 aliphatic carbocycles. The van der Waals surface area contributed by atoms with Crippen molar-refractivity contribution >= 4 is 5.78 Å². The summed E-state index contributed by atoms with van der Waals surface area (Å²) < 4.78 is 1.95. The van der Waals surface area contributed by atoms with E-state index in [2.05, 4.69) is 31.9 Å². The van der Waals surface area contributed by atoms with Crippen molar-refractivity contribution in [1.29, 1.82) is 0 Å². The summed E-state index contributed by atoms with van der Waals surface area (Å²) in [6.45, 7) is 11.1. The first-order chi connectivity index (χ1) is 7.94. The third-order valence-corrected chi connectivity index (χ3v) is 3.56. The molecular weight excluding hydrogens is 212 g/mol. The predicted octanol–water partition coefficient (Wildman–Crippen LogP) is 3.01. The number of carbonyl (C=O) groups is 1. The summed E-state index contributed by atoms with van der Waals surface area (Å²) in [4.78, 5) is 12.2. The Morgan fingerprint density at radius 3 is 2.47 bits per heavy atom. The first-order valence-electron chi connectivity index (χ1n) is 6.53. The highest BCUT2D eigenvalue weighted by molar-refractivity contribution is 5.85. The third kappa shape index (κ3) is 3.18. The summed E-state index contributed by atoms with van der Waals surface area (Å²) >= 11 is 0. The van der Waals surface area contributed by atoms with Gasteiger partial charge in [-0.1, -0.05) is 27.7 Å². The maximum atomic E-state index is 12.2. The van der Waals surface area contributed by atoms with Gasteiger partial charge in [-0.25, -0.2) is 0 Å². The van der Waals surface area contributed by atoms with E-state index in [9.17, 15) is 4.79 Å². The van der Waals surface area contributed by atoms with Crippen molar-refractivity contribution in [2.45, 2.75) is 60.4 Å². The largest absolute Gasteiger partial charge is 0.299 e. The molecule has 0 atom stereocenters. The minimum atomic E-state index is -0.227. The minimum absolute atomic E-state index is 0.227. The number of hydrogen-bond acceptors (Lipinski definition) is 2. The standard InChI is InChI=1S/C14H24N2O/c1-6-11-9-12(16(8-3)15-11)10-13(17)14(4,5)7-2/h9H,6-8,10H2,1-5H3. The van der Waals surface area contributed by atoms with Crippen molar-refractivity contribution in [2.75, 3.05) is 0 Å². The summed E-state index contributed by atoms with van der Waals surface area (Å²) in [7, 11) is 0. The highest BCUT2D eigenvalue weighted by Crippen LogP contribution is 2.23. The third-order valence-electron chi connectivity index (χ3n) is 3.56. The molecule has 1 aromatic heterocycles. The van der Waals surface area contributed by atoms with E-state index >= 15 is 0 Å². The second kappa shape index (κ2) is 5.48. The lowest BCUT2D eigenvalue weighted by atomic mass is 9.83. The minimum Gasteiger partial charge on any atom is -0.299 e. The highest BCUT2D eigenvalue weighted by atomic mass is 16.1. The lowest BCUT2D eigenvalue weighted by Gasteiger charge is -2.20. The van der Waals surface area contributed by atoms with Crippen LogP contribution in [0, 0.1) is 5.41 Å². The Morgan fingerprint density at radius 1 is 1.35 bits per heavy atom. The Kier molecular flexibility index (Phi) is 4.49. The summed E-state index contributed by atoms with van der Waals surface area (Å²) in [5.74, 6) is 0.303. The Bertz CT molecular complexity index is 391. The fourth-order valence-electron chi connectivity index (χ4n) is 1.70. The van der Waals surface area contributed by atoms with Crippen LogP contribution in [-0.4, -0.2) is 15.6 Å². The Labute approximate surface area is 104 Å². The predicted molar refractivity (Wildman–Crippen MR) is 70.1 cm³/mol. The van der Waals surface area contributed by atoms with Crippen LogP contribution in [-0.2, 0) is 24.2 Å². The second-order valence-electron chi connectivity index (χ2n) is 5.13. The van der Waals surface area contributed by atoms with Gasteiger partial charge in [-0.05, 0) is 25.8 Å². The summed E-state index contributed by atoms with van der Waals surface area (Å²) in [5, 5.41) is 4.47. The summed E-state index contributed by atoms with van der Waals surface area (Å²) in [5.41, 5.74) is 1.90. The molecule has 1 aromatic rings. The van der Waals surface area contributed by atoms with Crippen LogP contribution < -0.4 is 0 Å². The van der Waals surface area contributed by atoms with E-state index in [4.69, 9.17) is 0 Å². The number of ketones is 1. The number of hydrogen-bond donors (Lipinski definition) is 0. The molecule has 0 saturated heterocycles. The number of aromatic nitrogens is 2. The Morgan fingerprint density at radius 2 is 2.00 bits per heavy atom. The van der Waals surface area contributed by atoms with Crippen molar-refractivity contribution in [2.24, 2.45) is 5.41 Å². The molecule has 0 amide bonds. The van der Waals surface area contributed by atoms with Gasteiger partial charge in [0.05, 0.1) is 5.69 Å². The van der Waals surface area contributed by atoms with E-state index in [1.807, 2.05) is 18.5 Å². The SMILES string of the molecule is CCc1cc(CC(=O)C(C)(C)CC)n(CC)n1. The van der Waals surface area contributed by atoms with Gasteiger partial charge in [-0.2, -0.15) is 5.10 Å². The zero-order valence-electron chi connectivity index (χ0n) is 11.7. The zero-order valence-corrected chi connectivity index (χ0v) is 11.7. The van der Waals surface area contributed by atoms with Crippen molar-refractivity contribution in [3.05, 3.63) is 17.5 Å². The van der Waals surface area contributed by atoms with Gasteiger partial charge in [-0.3, -0.25) is 9.48 Å². The number of carbonyl (C=O) groups excluding carboxylic acids is 1. The lowest BCUT2D eigenvalue weighted by molar-refractivity contribution is -0.126. The van der Waals surface area contributed by atoms with Crippen LogP contribution in [0.4, 0.5) is 0 Å². The lowest BCUT2D eigenvalue weighted by Crippen LogP contribution is -2.26. The van der Waals surface area contributed by atoms with Gasteiger partial charge in [-0.15, -0.1) is 0 Å². The fraction of sp³-hybridized carbons (Fsp3) is 0.714. The van der Waals surface area contributed by atoms with Gasteiger partial charge in [0.25, 0.3) is 0 Å². The van der Waals surface area contributed by atoms with Gasteiger partial charge in [0.15, 0.2) is 0 Å². The molecule has 96 valence electrons. The highest BCUT2D eigenvalue weighted by Gasteiger charge is 2.26. The van der Waals surface area contributed by atoms with Gasteiger partial charge >= 0.3 is 0 Å². The van der Waals surface area contributed by atoms with E-state index in [1.54, 1.807) is 0 Å². The molecule has 0 saturated carbocycles. The zero-order chi connectivity index (χ0) is 13.1. The van der Waals surface area contributed by atoms with E-state index in [0.29, 0.717) is 12.2 Å². The normalized spacial score (nSPS) is 11.8. The molecule has 1 rings (SSSR count). The van der Waals surface area contributed by atoms with E-state index in [1.165, 1.54) is 0 Å². The number of nitrogens with zero attached hydrogens (tertiary/aromatic N) is 2. The van der Waals surface area contributed by atoms with Gasteiger partial charge in [0, 0.05) is 24.1 Å². The molecule has 0 radical (unpaired) electrons. The van der Waals surface area contributed by atoms with Crippen LogP contribution in [0.25, 0.3) is 0 Å². The molecule has 3 nitrogen and oxygen atoms in total. The van der Waals surface area contributed by atoms with Gasteiger partial charge < -0.3 is 0 Å². The molecular formula is C14H24N2O. The number of rotatable bonds is 6. The molecule has 0 aromatic carbocycles.